The molecule has 2 aromatic rings. The fourth-order valence-corrected chi connectivity index (χ4v) is 3.78. The van der Waals surface area contributed by atoms with Gasteiger partial charge in [0.2, 0.25) is 5.91 Å². The third-order valence-corrected chi connectivity index (χ3v) is 4.85. The van der Waals surface area contributed by atoms with E-state index in [0.29, 0.717) is 5.69 Å². The Morgan fingerprint density at radius 3 is 2.90 bits per heavy atom. The van der Waals surface area contributed by atoms with Gasteiger partial charge in [0.05, 0.1) is 10.6 Å². The summed E-state index contributed by atoms with van der Waals surface area (Å²) in [4.78, 5) is 23.8. The van der Waals surface area contributed by atoms with Crippen LogP contribution in [0, 0.1) is 0 Å². The Hall–Kier alpha value is -1.73. The van der Waals surface area contributed by atoms with Crippen LogP contribution in [0.4, 0.5) is 5.69 Å². The third kappa shape index (κ3) is 2.12. The number of rotatable bonds is 2. The van der Waals surface area contributed by atoms with Gasteiger partial charge in [-0.05, 0) is 23.2 Å². The summed E-state index contributed by atoms with van der Waals surface area (Å²) in [6, 6.07) is 7.62. The maximum absolute atomic E-state index is 11.9. The number of carboxylic acids is 1. The number of halogens is 1. The molecule has 0 radical (unpaired) electrons. The molecule has 5 nitrogen and oxygen atoms in total. The molecular weight excluding hydrogens is 344 g/mol. The lowest BCUT2D eigenvalue weighted by atomic mass is 9.90. The van der Waals surface area contributed by atoms with Crippen LogP contribution in [0.1, 0.15) is 33.3 Å². The Kier molecular flexibility index (Phi) is 3.31. The van der Waals surface area contributed by atoms with E-state index in [9.17, 15) is 9.59 Å². The van der Waals surface area contributed by atoms with Crippen LogP contribution in [0.25, 0.3) is 0 Å². The van der Waals surface area contributed by atoms with E-state index in [0.717, 1.165) is 26.4 Å². The van der Waals surface area contributed by atoms with Gasteiger partial charge in [-0.2, -0.15) is 4.37 Å². The van der Waals surface area contributed by atoms with Crippen LogP contribution in [-0.4, -0.2) is 21.4 Å². The number of carbonyl (C=O) groups is 2. The minimum Gasteiger partial charge on any atom is -0.476 e. The van der Waals surface area contributed by atoms with Crippen LogP contribution in [0.5, 0.6) is 0 Å². The Bertz CT molecular complexity index is 713. The lowest BCUT2D eigenvalue weighted by Gasteiger charge is -2.23. The van der Waals surface area contributed by atoms with Crippen molar-refractivity contribution in [3.05, 3.63) is 44.9 Å². The summed E-state index contributed by atoms with van der Waals surface area (Å²) >= 11 is 4.60. The number of benzene rings is 1. The van der Waals surface area contributed by atoms with Crippen molar-refractivity contribution < 1.29 is 14.7 Å². The zero-order valence-electron chi connectivity index (χ0n) is 10.1. The van der Waals surface area contributed by atoms with Crippen LogP contribution >= 0.6 is 27.5 Å². The Labute approximate surface area is 126 Å². The summed E-state index contributed by atoms with van der Waals surface area (Å²) in [5, 5.41) is 11.7. The second kappa shape index (κ2) is 4.99. The standard InChI is InChI=1S/C13H9BrN2O3S/c14-8-4-2-1-3-6(8)7-5-9(17)15-10-11(13(18)19)16-20-12(7)10/h1-4,7H,5H2,(H,15,17)(H,18,19)/t7-/m1/s1. The van der Waals surface area contributed by atoms with E-state index in [1.807, 2.05) is 24.3 Å². The number of nitrogens with one attached hydrogen (secondary N) is 1. The van der Waals surface area contributed by atoms with Gasteiger partial charge in [-0.25, -0.2) is 4.79 Å². The van der Waals surface area contributed by atoms with Gasteiger partial charge in [0.25, 0.3) is 0 Å². The van der Waals surface area contributed by atoms with Crippen molar-refractivity contribution in [2.45, 2.75) is 12.3 Å². The number of nitrogens with zero attached hydrogens (tertiary/aromatic N) is 1. The molecule has 0 fully saturated rings. The van der Waals surface area contributed by atoms with Crippen molar-refractivity contribution >= 4 is 45.0 Å². The third-order valence-electron chi connectivity index (χ3n) is 3.17. The molecule has 1 aliphatic rings. The molecule has 20 heavy (non-hydrogen) atoms. The maximum Gasteiger partial charge on any atom is 0.357 e. The lowest BCUT2D eigenvalue weighted by molar-refractivity contribution is -0.116. The minimum absolute atomic E-state index is 0.0879. The predicted octanol–water partition coefficient (Wildman–Crippen LogP) is 3.08. The molecule has 3 rings (SSSR count). The number of amides is 1. The molecule has 1 aromatic carbocycles. The number of aromatic nitrogens is 1. The van der Waals surface area contributed by atoms with E-state index in [2.05, 4.69) is 25.6 Å². The van der Waals surface area contributed by atoms with Gasteiger partial charge < -0.3 is 10.4 Å². The number of hydrogen-bond donors (Lipinski definition) is 2. The summed E-state index contributed by atoms with van der Waals surface area (Å²) < 4.78 is 4.85. The van der Waals surface area contributed by atoms with Crippen molar-refractivity contribution in [1.82, 2.24) is 4.37 Å². The highest BCUT2D eigenvalue weighted by Crippen LogP contribution is 2.43. The molecule has 102 valence electrons. The average Bonchev–Trinajstić information content (AvgIpc) is 2.82. The number of fused-ring (bicyclic) bond motifs is 1. The second-order valence-electron chi connectivity index (χ2n) is 4.40. The first-order valence-electron chi connectivity index (χ1n) is 5.85. The Balaban J connectivity index is 2.14. The number of carbonyl (C=O) groups excluding carboxylic acids is 1. The van der Waals surface area contributed by atoms with Crippen LogP contribution in [0.2, 0.25) is 0 Å². The number of aromatic carboxylic acids is 1. The normalized spacial score (nSPS) is 17.4. The highest BCUT2D eigenvalue weighted by Gasteiger charge is 2.33. The summed E-state index contributed by atoms with van der Waals surface area (Å²) in [5.41, 5.74) is 1.21. The Morgan fingerprint density at radius 1 is 1.45 bits per heavy atom. The van der Waals surface area contributed by atoms with E-state index in [1.54, 1.807) is 0 Å². The fourth-order valence-electron chi connectivity index (χ4n) is 2.28. The van der Waals surface area contributed by atoms with Gasteiger partial charge >= 0.3 is 5.97 Å². The van der Waals surface area contributed by atoms with E-state index in [1.165, 1.54) is 0 Å². The molecule has 0 saturated carbocycles. The van der Waals surface area contributed by atoms with Gasteiger partial charge in [-0.3, -0.25) is 4.79 Å². The highest BCUT2D eigenvalue weighted by molar-refractivity contribution is 9.10. The maximum atomic E-state index is 11.9. The van der Waals surface area contributed by atoms with Crippen LogP contribution in [0.15, 0.2) is 28.7 Å². The zero-order valence-corrected chi connectivity index (χ0v) is 12.5. The smallest absolute Gasteiger partial charge is 0.357 e. The largest absolute Gasteiger partial charge is 0.476 e. The van der Waals surface area contributed by atoms with Gasteiger partial charge in [0.1, 0.15) is 0 Å². The first-order chi connectivity index (χ1) is 9.58. The van der Waals surface area contributed by atoms with Crippen molar-refractivity contribution in [1.29, 1.82) is 0 Å². The monoisotopic (exact) mass is 352 g/mol. The predicted molar refractivity (Wildman–Crippen MR) is 78.3 cm³/mol. The number of carboxylic acid groups (broad SMARTS) is 1. The Morgan fingerprint density at radius 2 is 2.20 bits per heavy atom. The number of anilines is 1. The molecule has 0 aliphatic carbocycles. The van der Waals surface area contributed by atoms with Crippen LogP contribution in [-0.2, 0) is 4.79 Å². The minimum atomic E-state index is -1.13. The van der Waals surface area contributed by atoms with E-state index in [-0.39, 0.29) is 23.9 Å². The van der Waals surface area contributed by atoms with E-state index >= 15 is 0 Å². The molecule has 0 saturated heterocycles. The lowest BCUT2D eigenvalue weighted by Crippen LogP contribution is -2.23. The first kappa shape index (κ1) is 13.3. The van der Waals surface area contributed by atoms with Crippen LogP contribution in [0.3, 0.4) is 0 Å². The van der Waals surface area contributed by atoms with Gasteiger partial charge in [0.15, 0.2) is 5.69 Å². The SMILES string of the molecule is O=C1C[C@H](c2ccccc2Br)c2snc(C(=O)O)c2N1. The number of hydrogen-bond acceptors (Lipinski definition) is 4. The summed E-state index contributed by atoms with van der Waals surface area (Å²) in [6.45, 7) is 0. The summed E-state index contributed by atoms with van der Waals surface area (Å²) in [7, 11) is 0. The molecule has 1 atom stereocenters. The molecule has 7 heteroatoms. The van der Waals surface area contributed by atoms with Crippen molar-refractivity contribution in [2.75, 3.05) is 5.32 Å². The quantitative estimate of drug-likeness (QED) is 0.870. The molecule has 0 bridgehead atoms. The summed E-state index contributed by atoms with van der Waals surface area (Å²) in [5.74, 6) is -1.49. The molecular formula is C13H9BrN2O3S. The van der Waals surface area contributed by atoms with Gasteiger partial charge in [-0.1, -0.05) is 34.1 Å². The second-order valence-corrected chi connectivity index (χ2v) is 6.06. The van der Waals surface area contributed by atoms with Crippen molar-refractivity contribution in [2.24, 2.45) is 0 Å². The molecule has 2 N–H and O–H groups in total. The van der Waals surface area contributed by atoms with Crippen molar-refractivity contribution in [3.8, 4) is 0 Å². The molecule has 1 amide bonds. The molecule has 1 aromatic heterocycles. The highest BCUT2D eigenvalue weighted by atomic mass is 79.9. The van der Waals surface area contributed by atoms with E-state index < -0.39 is 5.97 Å². The van der Waals surface area contributed by atoms with Crippen molar-refractivity contribution in [3.63, 3.8) is 0 Å². The molecule has 1 aliphatic heterocycles. The van der Waals surface area contributed by atoms with Gasteiger partial charge in [-0.15, -0.1) is 0 Å². The van der Waals surface area contributed by atoms with Crippen LogP contribution < -0.4 is 5.32 Å². The van der Waals surface area contributed by atoms with E-state index in [4.69, 9.17) is 5.11 Å². The topological polar surface area (TPSA) is 79.3 Å². The molecule has 0 unspecified atom stereocenters. The summed E-state index contributed by atoms with van der Waals surface area (Å²) in [6.07, 6.45) is 0.289. The molecule has 2 heterocycles. The van der Waals surface area contributed by atoms with Gasteiger partial charge in [0, 0.05) is 16.8 Å². The average molecular weight is 353 g/mol. The first-order valence-corrected chi connectivity index (χ1v) is 7.41. The molecule has 0 spiro atoms. The zero-order chi connectivity index (χ0) is 14.3. The fraction of sp³-hybridized carbons (Fsp3) is 0.154.